The number of benzene rings is 1. The number of hydrogen-bond acceptors (Lipinski definition) is 2. The van der Waals surface area contributed by atoms with Gasteiger partial charge in [0.1, 0.15) is 5.82 Å². The van der Waals surface area contributed by atoms with Crippen LogP contribution in [0.2, 0.25) is 0 Å². The summed E-state index contributed by atoms with van der Waals surface area (Å²) in [5.74, 6) is 0.0495. The van der Waals surface area contributed by atoms with Gasteiger partial charge in [0.15, 0.2) is 0 Å². The first-order valence-corrected chi connectivity index (χ1v) is 5.68. The molecule has 1 aromatic carbocycles. The molecule has 0 amide bonds. The van der Waals surface area contributed by atoms with E-state index < -0.39 is 0 Å². The smallest absolute Gasteiger partial charge is 0.126 e. The van der Waals surface area contributed by atoms with Crippen LogP contribution in [0.1, 0.15) is 29.5 Å². The van der Waals surface area contributed by atoms with Gasteiger partial charge in [-0.3, -0.25) is 0 Å². The van der Waals surface area contributed by atoms with Gasteiger partial charge in [-0.15, -0.1) is 0 Å². The molecular formula is C13H21FN2. The van der Waals surface area contributed by atoms with E-state index in [0.29, 0.717) is 13.1 Å². The van der Waals surface area contributed by atoms with Gasteiger partial charge in [-0.1, -0.05) is 13.0 Å². The van der Waals surface area contributed by atoms with E-state index >= 15 is 0 Å². The van der Waals surface area contributed by atoms with Crippen molar-refractivity contribution in [1.82, 2.24) is 0 Å². The molecular weight excluding hydrogens is 203 g/mol. The van der Waals surface area contributed by atoms with Crippen LogP contribution in [0.3, 0.4) is 0 Å². The summed E-state index contributed by atoms with van der Waals surface area (Å²) in [6.07, 6.45) is 0. The predicted molar refractivity (Wildman–Crippen MR) is 65.9 cm³/mol. The second-order valence-corrected chi connectivity index (χ2v) is 4.48. The van der Waals surface area contributed by atoms with Gasteiger partial charge in [0.2, 0.25) is 0 Å². The fraction of sp³-hybridized carbons (Fsp3) is 0.538. The molecule has 0 bridgehead atoms. The molecule has 0 saturated heterocycles. The average molecular weight is 224 g/mol. The molecule has 0 saturated carbocycles. The molecule has 0 fully saturated rings. The van der Waals surface area contributed by atoms with Crippen LogP contribution < -0.4 is 11.5 Å². The first-order valence-electron chi connectivity index (χ1n) is 5.68. The first kappa shape index (κ1) is 13.1. The zero-order valence-electron chi connectivity index (χ0n) is 10.3. The summed E-state index contributed by atoms with van der Waals surface area (Å²) in [6.45, 7) is 6.87. The third kappa shape index (κ3) is 2.60. The lowest BCUT2D eigenvalue weighted by Crippen LogP contribution is -2.28. The molecule has 1 atom stereocenters. The van der Waals surface area contributed by atoms with Crippen molar-refractivity contribution in [2.24, 2.45) is 17.4 Å². The Morgan fingerprint density at radius 2 is 1.62 bits per heavy atom. The van der Waals surface area contributed by atoms with Gasteiger partial charge in [-0.25, -0.2) is 4.39 Å². The van der Waals surface area contributed by atoms with Gasteiger partial charge in [0, 0.05) is 0 Å². The van der Waals surface area contributed by atoms with Crippen LogP contribution in [0.25, 0.3) is 0 Å². The Morgan fingerprint density at radius 3 is 2.12 bits per heavy atom. The molecule has 1 aromatic rings. The predicted octanol–water partition coefficient (Wildman–Crippen LogP) is 2.08. The summed E-state index contributed by atoms with van der Waals surface area (Å²) in [4.78, 5) is 0. The van der Waals surface area contributed by atoms with Crippen molar-refractivity contribution in [2.75, 3.05) is 13.1 Å². The maximum atomic E-state index is 13.8. The largest absolute Gasteiger partial charge is 0.330 e. The fourth-order valence-electron chi connectivity index (χ4n) is 1.91. The van der Waals surface area contributed by atoms with E-state index in [1.54, 1.807) is 6.07 Å². The summed E-state index contributed by atoms with van der Waals surface area (Å²) < 4.78 is 13.8. The summed E-state index contributed by atoms with van der Waals surface area (Å²) in [5, 5.41) is 0. The Labute approximate surface area is 96.8 Å². The highest BCUT2D eigenvalue weighted by atomic mass is 19.1. The summed E-state index contributed by atoms with van der Waals surface area (Å²) in [6, 6.07) is 3.50. The van der Waals surface area contributed by atoms with E-state index in [2.05, 4.69) is 0 Å². The lowest BCUT2D eigenvalue weighted by atomic mass is 9.86. The van der Waals surface area contributed by atoms with Crippen molar-refractivity contribution in [3.8, 4) is 0 Å². The van der Waals surface area contributed by atoms with E-state index in [-0.39, 0.29) is 17.7 Å². The van der Waals surface area contributed by atoms with Gasteiger partial charge in [0.25, 0.3) is 0 Å². The summed E-state index contributed by atoms with van der Waals surface area (Å²) in [7, 11) is 0. The monoisotopic (exact) mass is 224 g/mol. The molecule has 3 heteroatoms. The topological polar surface area (TPSA) is 52.0 Å². The van der Waals surface area contributed by atoms with Crippen LogP contribution in [0, 0.1) is 25.6 Å². The standard InChI is InChI=1S/C13H21FN2/c1-8-4-12(13(14)5-9(8)2)10(3)11(6-15)7-16/h4-5,10-11H,6-7,15-16H2,1-3H3. The van der Waals surface area contributed by atoms with Gasteiger partial charge in [-0.05, 0) is 61.5 Å². The molecule has 2 nitrogen and oxygen atoms in total. The maximum absolute atomic E-state index is 13.8. The van der Waals surface area contributed by atoms with Crippen molar-refractivity contribution in [3.63, 3.8) is 0 Å². The number of rotatable bonds is 4. The Hall–Kier alpha value is -0.930. The Bertz CT molecular complexity index is 359. The Morgan fingerprint density at radius 1 is 1.12 bits per heavy atom. The number of hydrogen-bond donors (Lipinski definition) is 2. The van der Waals surface area contributed by atoms with E-state index in [9.17, 15) is 4.39 Å². The molecule has 4 N–H and O–H groups in total. The Balaban J connectivity index is 3.07. The van der Waals surface area contributed by atoms with Crippen LogP contribution in [0.5, 0.6) is 0 Å². The number of aryl methyl sites for hydroxylation is 2. The molecule has 16 heavy (non-hydrogen) atoms. The van der Waals surface area contributed by atoms with Gasteiger partial charge < -0.3 is 11.5 Å². The fourth-order valence-corrected chi connectivity index (χ4v) is 1.91. The van der Waals surface area contributed by atoms with Crippen molar-refractivity contribution in [2.45, 2.75) is 26.7 Å². The van der Waals surface area contributed by atoms with Crippen molar-refractivity contribution < 1.29 is 4.39 Å². The quantitative estimate of drug-likeness (QED) is 0.822. The molecule has 90 valence electrons. The first-order chi connectivity index (χ1) is 7.51. The van der Waals surface area contributed by atoms with E-state index in [0.717, 1.165) is 16.7 Å². The highest BCUT2D eigenvalue weighted by molar-refractivity contribution is 5.33. The maximum Gasteiger partial charge on any atom is 0.126 e. The minimum absolute atomic E-state index is 0.0642. The van der Waals surface area contributed by atoms with Crippen molar-refractivity contribution >= 4 is 0 Å². The van der Waals surface area contributed by atoms with E-state index in [1.165, 1.54) is 0 Å². The van der Waals surface area contributed by atoms with Crippen molar-refractivity contribution in [3.05, 3.63) is 34.6 Å². The highest BCUT2D eigenvalue weighted by Gasteiger charge is 2.19. The molecule has 1 unspecified atom stereocenters. The van der Waals surface area contributed by atoms with E-state index in [1.807, 2.05) is 26.8 Å². The number of halogens is 1. The molecule has 0 radical (unpaired) electrons. The summed E-state index contributed by atoms with van der Waals surface area (Å²) >= 11 is 0. The second kappa shape index (κ2) is 5.41. The third-order valence-electron chi connectivity index (χ3n) is 3.42. The molecule has 0 heterocycles. The average Bonchev–Trinajstić information content (AvgIpc) is 2.25. The SMILES string of the molecule is Cc1cc(F)c(C(C)C(CN)CN)cc1C. The minimum Gasteiger partial charge on any atom is -0.330 e. The van der Waals surface area contributed by atoms with Gasteiger partial charge in [0.05, 0.1) is 0 Å². The third-order valence-corrected chi connectivity index (χ3v) is 3.42. The lowest BCUT2D eigenvalue weighted by Gasteiger charge is -2.22. The molecule has 1 rings (SSSR count). The normalized spacial score (nSPS) is 13.2. The van der Waals surface area contributed by atoms with Crippen LogP contribution in [-0.2, 0) is 0 Å². The molecule has 0 aliphatic rings. The van der Waals surface area contributed by atoms with Crippen LogP contribution in [0.15, 0.2) is 12.1 Å². The second-order valence-electron chi connectivity index (χ2n) is 4.48. The molecule has 0 aromatic heterocycles. The molecule has 0 aliphatic carbocycles. The van der Waals surface area contributed by atoms with Gasteiger partial charge >= 0.3 is 0 Å². The Kier molecular flexibility index (Phi) is 4.44. The highest BCUT2D eigenvalue weighted by Crippen LogP contribution is 2.27. The van der Waals surface area contributed by atoms with E-state index in [4.69, 9.17) is 11.5 Å². The summed E-state index contributed by atoms with van der Waals surface area (Å²) in [5.41, 5.74) is 14.1. The zero-order chi connectivity index (χ0) is 12.3. The minimum atomic E-state index is -0.150. The molecule has 0 aliphatic heterocycles. The van der Waals surface area contributed by atoms with Crippen LogP contribution >= 0.6 is 0 Å². The lowest BCUT2D eigenvalue weighted by molar-refractivity contribution is 0.449. The van der Waals surface area contributed by atoms with Gasteiger partial charge in [-0.2, -0.15) is 0 Å². The zero-order valence-corrected chi connectivity index (χ0v) is 10.3. The number of nitrogens with two attached hydrogens (primary N) is 2. The van der Waals surface area contributed by atoms with Crippen LogP contribution in [-0.4, -0.2) is 13.1 Å². The van der Waals surface area contributed by atoms with Crippen LogP contribution in [0.4, 0.5) is 4.39 Å². The van der Waals surface area contributed by atoms with Crippen molar-refractivity contribution in [1.29, 1.82) is 0 Å². The molecule has 0 spiro atoms.